The molecule has 3 N–H and O–H groups in total. The summed E-state index contributed by atoms with van der Waals surface area (Å²) < 4.78 is 0. The van der Waals surface area contributed by atoms with Crippen LogP contribution in [0.4, 0.5) is 0 Å². The molecule has 0 aromatic heterocycles. The van der Waals surface area contributed by atoms with Gasteiger partial charge in [0.05, 0.1) is 18.8 Å². The Balaban J connectivity index is 3.55. The van der Waals surface area contributed by atoms with Gasteiger partial charge in [0.1, 0.15) is 0 Å². The summed E-state index contributed by atoms with van der Waals surface area (Å²) in [6.45, 7) is 4.31. The van der Waals surface area contributed by atoms with Crippen LogP contribution < -0.4 is 5.32 Å². The summed E-state index contributed by atoms with van der Waals surface area (Å²) >= 11 is 0. The lowest BCUT2D eigenvalue weighted by atomic mass is 10.0. The molecule has 0 aliphatic heterocycles. The molecule has 0 saturated carbocycles. The van der Waals surface area contributed by atoms with Gasteiger partial charge in [-0.05, 0) is 70.6 Å². The lowest BCUT2D eigenvalue weighted by Crippen LogP contribution is -2.45. The molecule has 2 atom stereocenters. The summed E-state index contributed by atoms with van der Waals surface area (Å²) in [7, 11) is 0. The van der Waals surface area contributed by atoms with E-state index in [1.807, 2.05) is 6.08 Å². The Morgan fingerprint density at radius 2 is 0.656 bits per heavy atom. The second kappa shape index (κ2) is 55.4. The molecule has 1 amide bonds. The third-order valence-electron chi connectivity index (χ3n) is 13.0. The highest BCUT2D eigenvalue weighted by Gasteiger charge is 2.18. The smallest absolute Gasteiger partial charge is 0.220 e. The van der Waals surface area contributed by atoms with Crippen molar-refractivity contribution in [2.24, 2.45) is 0 Å². The number of aliphatic hydroxyl groups excluding tert-OH is 2. The molecule has 2 unspecified atom stereocenters. The Labute approximate surface area is 400 Å². The third kappa shape index (κ3) is 51.1. The molecule has 0 spiro atoms. The molecule has 4 nitrogen and oxygen atoms in total. The second-order valence-corrected chi connectivity index (χ2v) is 19.3. The van der Waals surface area contributed by atoms with Crippen LogP contribution in [0.1, 0.15) is 296 Å². The number of hydrogen-bond donors (Lipinski definition) is 3. The minimum Gasteiger partial charge on any atom is -0.394 e. The van der Waals surface area contributed by atoms with E-state index in [1.165, 1.54) is 231 Å². The van der Waals surface area contributed by atoms with E-state index in [0.29, 0.717) is 6.42 Å². The van der Waals surface area contributed by atoms with Crippen molar-refractivity contribution in [3.63, 3.8) is 0 Å². The van der Waals surface area contributed by atoms with Crippen molar-refractivity contribution in [3.8, 4) is 0 Å². The van der Waals surface area contributed by atoms with E-state index in [2.05, 4.69) is 67.8 Å². The zero-order valence-corrected chi connectivity index (χ0v) is 43.1. The van der Waals surface area contributed by atoms with Gasteiger partial charge < -0.3 is 15.5 Å². The molecule has 0 rings (SSSR count). The molecule has 0 fully saturated rings. The van der Waals surface area contributed by atoms with Crippen LogP contribution in [0.5, 0.6) is 0 Å². The Morgan fingerprint density at radius 3 is 1.02 bits per heavy atom. The maximum Gasteiger partial charge on any atom is 0.220 e. The van der Waals surface area contributed by atoms with Crippen LogP contribution in [0.25, 0.3) is 0 Å². The molecule has 0 saturated heterocycles. The summed E-state index contributed by atoms with van der Waals surface area (Å²) in [5.41, 5.74) is 0. The van der Waals surface area contributed by atoms with E-state index in [9.17, 15) is 15.0 Å². The van der Waals surface area contributed by atoms with Gasteiger partial charge in [0.2, 0.25) is 5.91 Å². The van der Waals surface area contributed by atoms with E-state index >= 15 is 0 Å². The molecule has 374 valence electrons. The summed E-state index contributed by atoms with van der Waals surface area (Å²) in [5, 5.41) is 23.2. The molecule has 0 aliphatic rings. The number of unbranched alkanes of at least 4 members (excludes halogenated alkanes) is 37. The Hall–Kier alpha value is -1.91. The van der Waals surface area contributed by atoms with Crippen molar-refractivity contribution in [1.29, 1.82) is 0 Å². The molecule has 0 heterocycles. The van der Waals surface area contributed by atoms with Gasteiger partial charge in [-0.25, -0.2) is 0 Å². The zero-order chi connectivity index (χ0) is 46.3. The third-order valence-corrected chi connectivity index (χ3v) is 13.0. The SMILES string of the molecule is CCCCCCC/C=C\C/C=C\C/C=C\CCCCCCCCCCCCCCC(=O)NC(CO)C(O)/C=C/CC/C=C/CCCCCCCCCCCCCCCCCCCCC. The number of aliphatic hydroxyl groups is 2. The number of hydrogen-bond acceptors (Lipinski definition) is 3. The monoisotopic (exact) mass is 894 g/mol. The number of carbonyl (C=O) groups excluding carboxylic acids is 1. The van der Waals surface area contributed by atoms with Crippen LogP contribution in [-0.2, 0) is 4.79 Å². The lowest BCUT2D eigenvalue weighted by Gasteiger charge is -2.19. The van der Waals surface area contributed by atoms with Crippen molar-refractivity contribution in [3.05, 3.63) is 60.8 Å². The Bertz CT molecular complexity index is 1060. The first kappa shape index (κ1) is 62.1. The fourth-order valence-electron chi connectivity index (χ4n) is 8.62. The largest absolute Gasteiger partial charge is 0.394 e. The Morgan fingerprint density at radius 1 is 0.375 bits per heavy atom. The van der Waals surface area contributed by atoms with Crippen molar-refractivity contribution in [2.75, 3.05) is 6.61 Å². The molecule has 0 aliphatic carbocycles. The predicted molar refractivity (Wildman–Crippen MR) is 285 cm³/mol. The predicted octanol–water partition coefficient (Wildman–Crippen LogP) is 18.8. The summed E-state index contributed by atoms with van der Waals surface area (Å²) in [5.74, 6) is -0.0742. The minimum atomic E-state index is -0.866. The molecule has 64 heavy (non-hydrogen) atoms. The van der Waals surface area contributed by atoms with Crippen LogP contribution in [0.2, 0.25) is 0 Å². The average molecular weight is 895 g/mol. The fourth-order valence-corrected chi connectivity index (χ4v) is 8.62. The van der Waals surface area contributed by atoms with E-state index in [4.69, 9.17) is 0 Å². The van der Waals surface area contributed by atoms with Gasteiger partial charge in [-0.1, -0.05) is 280 Å². The first-order chi connectivity index (χ1) is 31.7. The Kier molecular flexibility index (Phi) is 53.8. The molecule has 0 aromatic rings. The van der Waals surface area contributed by atoms with Crippen molar-refractivity contribution >= 4 is 5.91 Å². The van der Waals surface area contributed by atoms with Crippen LogP contribution in [0.3, 0.4) is 0 Å². The normalized spacial score (nSPS) is 13.2. The fraction of sp³-hybridized carbons (Fsp3) is 0.817. The summed E-state index contributed by atoms with van der Waals surface area (Å²) in [6.07, 6.45) is 78.1. The standard InChI is InChI=1S/C60H111NO3/c1-3-5-7-9-11-13-15-17-19-21-23-25-27-29-30-32-34-36-38-40-42-44-46-48-50-52-54-56-60(64)61-58(57-62)59(63)55-53-51-49-47-45-43-41-39-37-35-33-31-28-26-24-22-20-18-16-14-12-10-8-6-4-2/h15,17,21,23,27,29,45,47,53,55,58-59,62-63H,3-14,16,18-20,22,24-26,28,30-44,46,48-52,54,56-57H2,1-2H3,(H,61,64)/b17-15-,23-21-,29-27-,47-45+,55-53+. The number of rotatable bonds is 52. The van der Waals surface area contributed by atoms with Crippen LogP contribution >= 0.6 is 0 Å². The average Bonchev–Trinajstić information content (AvgIpc) is 3.30. The van der Waals surface area contributed by atoms with Crippen LogP contribution in [-0.4, -0.2) is 34.9 Å². The maximum absolute atomic E-state index is 12.5. The van der Waals surface area contributed by atoms with Gasteiger partial charge in [0.25, 0.3) is 0 Å². The molecular formula is C60H111NO3. The van der Waals surface area contributed by atoms with E-state index in [1.54, 1.807) is 6.08 Å². The molecule has 4 heteroatoms. The maximum atomic E-state index is 12.5. The molecule has 0 bridgehead atoms. The summed E-state index contributed by atoms with van der Waals surface area (Å²) in [4.78, 5) is 12.5. The van der Waals surface area contributed by atoms with Gasteiger partial charge in [-0.3, -0.25) is 4.79 Å². The lowest BCUT2D eigenvalue weighted by molar-refractivity contribution is -0.123. The van der Waals surface area contributed by atoms with Crippen molar-refractivity contribution < 1.29 is 15.0 Å². The van der Waals surface area contributed by atoms with Gasteiger partial charge in [0.15, 0.2) is 0 Å². The van der Waals surface area contributed by atoms with Crippen LogP contribution in [0, 0.1) is 0 Å². The quantitative estimate of drug-likeness (QED) is 0.0421. The molecular weight excluding hydrogens is 783 g/mol. The highest BCUT2D eigenvalue weighted by atomic mass is 16.3. The van der Waals surface area contributed by atoms with Gasteiger partial charge in [-0.2, -0.15) is 0 Å². The molecule has 0 aromatic carbocycles. The van der Waals surface area contributed by atoms with E-state index in [0.717, 1.165) is 44.9 Å². The van der Waals surface area contributed by atoms with Gasteiger partial charge in [0, 0.05) is 6.42 Å². The number of nitrogens with one attached hydrogen (secondary N) is 1. The van der Waals surface area contributed by atoms with Crippen LogP contribution in [0.15, 0.2) is 60.8 Å². The number of allylic oxidation sites excluding steroid dienone is 9. The first-order valence-electron chi connectivity index (χ1n) is 28.5. The van der Waals surface area contributed by atoms with Gasteiger partial charge in [-0.15, -0.1) is 0 Å². The van der Waals surface area contributed by atoms with Crippen molar-refractivity contribution in [1.82, 2.24) is 5.32 Å². The number of amides is 1. The highest BCUT2D eigenvalue weighted by molar-refractivity contribution is 5.76. The molecule has 0 radical (unpaired) electrons. The zero-order valence-electron chi connectivity index (χ0n) is 43.1. The second-order valence-electron chi connectivity index (χ2n) is 19.3. The van der Waals surface area contributed by atoms with Crippen molar-refractivity contribution in [2.45, 2.75) is 309 Å². The minimum absolute atomic E-state index is 0.0742. The summed E-state index contributed by atoms with van der Waals surface area (Å²) in [6, 6.07) is -0.643. The van der Waals surface area contributed by atoms with E-state index in [-0.39, 0.29) is 12.5 Å². The van der Waals surface area contributed by atoms with E-state index < -0.39 is 12.1 Å². The topological polar surface area (TPSA) is 69.6 Å². The van der Waals surface area contributed by atoms with Gasteiger partial charge >= 0.3 is 0 Å². The first-order valence-corrected chi connectivity index (χ1v) is 28.5. The highest BCUT2D eigenvalue weighted by Crippen LogP contribution is 2.16. The number of carbonyl (C=O) groups is 1.